The molecule has 8 heteroatoms. The van der Waals surface area contributed by atoms with Gasteiger partial charge in [-0.05, 0) is 44.5 Å². The SMILES string of the molecule is CCCN(CC)C(=O)c1cc(-c2nc(N)nc(C)c2C#Cc2ccc(N)nc2)ccc1Cl. The first-order valence-electron chi connectivity index (χ1n) is 10.3. The minimum atomic E-state index is -0.125. The molecule has 164 valence electrons. The first-order valence-corrected chi connectivity index (χ1v) is 10.7. The quantitative estimate of drug-likeness (QED) is 0.572. The molecule has 0 aliphatic carbocycles. The molecule has 2 aromatic heterocycles. The van der Waals surface area contributed by atoms with Gasteiger partial charge >= 0.3 is 0 Å². The summed E-state index contributed by atoms with van der Waals surface area (Å²) in [7, 11) is 0. The number of hydrogen-bond acceptors (Lipinski definition) is 6. The molecule has 0 aliphatic heterocycles. The zero-order valence-electron chi connectivity index (χ0n) is 18.3. The summed E-state index contributed by atoms with van der Waals surface area (Å²) in [5.74, 6) is 6.61. The Morgan fingerprint density at radius 2 is 1.91 bits per heavy atom. The highest BCUT2D eigenvalue weighted by Crippen LogP contribution is 2.29. The monoisotopic (exact) mass is 448 g/mol. The van der Waals surface area contributed by atoms with Crippen molar-refractivity contribution in [1.82, 2.24) is 19.9 Å². The number of hydrogen-bond donors (Lipinski definition) is 2. The molecule has 0 atom stereocenters. The van der Waals surface area contributed by atoms with E-state index in [0.717, 1.165) is 6.42 Å². The number of nitrogens with two attached hydrogens (primary N) is 2. The molecule has 2 heterocycles. The molecule has 0 unspecified atom stereocenters. The lowest BCUT2D eigenvalue weighted by Crippen LogP contribution is -2.31. The van der Waals surface area contributed by atoms with Gasteiger partial charge in [-0.3, -0.25) is 4.79 Å². The van der Waals surface area contributed by atoms with E-state index in [1.54, 1.807) is 41.4 Å². The van der Waals surface area contributed by atoms with Gasteiger partial charge in [0.1, 0.15) is 5.82 Å². The van der Waals surface area contributed by atoms with E-state index >= 15 is 0 Å². The molecule has 3 aromatic rings. The molecule has 0 spiro atoms. The maximum atomic E-state index is 13.1. The fourth-order valence-corrected chi connectivity index (χ4v) is 3.45. The van der Waals surface area contributed by atoms with E-state index in [4.69, 9.17) is 23.1 Å². The maximum absolute atomic E-state index is 13.1. The number of pyridine rings is 1. The van der Waals surface area contributed by atoms with Crippen LogP contribution in [0.1, 0.15) is 47.4 Å². The van der Waals surface area contributed by atoms with Crippen LogP contribution in [0.5, 0.6) is 0 Å². The zero-order chi connectivity index (χ0) is 23.3. The molecule has 1 amide bonds. The molecule has 1 aromatic carbocycles. The summed E-state index contributed by atoms with van der Waals surface area (Å²) >= 11 is 6.39. The molecule has 4 N–H and O–H groups in total. The molecule has 3 rings (SSSR count). The van der Waals surface area contributed by atoms with Crippen molar-refractivity contribution in [1.29, 1.82) is 0 Å². The van der Waals surface area contributed by atoms with Crippen LogP contribution in [0.3, 0.4) is 0 Å². The molecular weight excluding hydrogens is 424 g/mol. The van der Waals surface area contributed by atoms with Gasteiger partial charge in [-0.15, -0.1) is 0 Å². The van der Waals surface area contributed by atoms with E-state index in [0.29, 0.717) is 57.6 Å². The number of nitrogen functional groups attached to an aromatic ring is 2. The van der Waals surface area contributed by atoms with Gasteiger partial charge in [-0.25, -0.2) is 15.0 Å². The summed E-state index contributed by atoms with van der Waals surface area (Å²) < 4.78 is 0. The normalized spacial score (nSPS) is 10.4. The molecular formula is C24H25ClN6O. The summed E-state index contributed by atoms with van der Waals surface area (Å²) in [6, 6.07) is 8.70. The average molecular weight is 449 g/mol. The van der Waals surface area contributed by atoms with Crippen molar-refractivity contribution in [3.05, 3.63) is 63.9 Å². The number of aromatic nitrogens is 3. The van der Waals surface area contributed by atoms with Crippen LogP contribution in [0.15, 0.2) is 36.5 Å². The summed E-state index contributed by atoms with van der Waals surface area (Å²) in [4.78, 5) is 27.6. The van der Waals surface area contributed by atoms with E-state index in [2.05, 4.69) is 26.8 Å². The standard InChI is InChI=1S/C24H25ClN6O/c1-4-12-31(5-2)23(32)19-13-17(8-10-20(19)25)22-18(15(3)29-24(27)30-22)9-6-16-7-11-21(26)28-14-16/h7-8,10-11,13-14H,4-5,12H2,1-3H3,(H2,26,28)(H2,27,29,30). The van der Waals surface area contributed by atoms with Crippen LogP contribution in [0, 0.1) is 18.8 Å². The predicted octanol–water partition coefficient (Wildman–Crippen LogP) is 3.94. The first kappa shape index (κ1) is 23.0. The summed E-state index contributed by atoms with van der Waals surface area (Å²) in [5.41, 5.74) is 15.1. The molecule has 0 radical (unpaired) electrons. The summed E-state index contributed by atoms with van der Waals surface area (Å²) in [6.45, 7) is 7.04. The predicted molar refractivity (Wildman–Crippen MR) is 128 cm³/mol. The van der Waals surface area contributed by atoms with Gasteiger partial charge in [0.05, 0.1) is 27.5 Å². The van der Waals surface area contributed by atoms with Gasteiger partial charge in [-0.2, -0.15) is 0 Å². The number of carbonyl (C=O) groups is 1. The van der Waals surface area contributed by atoms with Gasteiger partial charge in [0.2, 0.25) is 5.95 Å². The van der Waals surface area contributed by atoms with Crippen LogP contribution >= 0.6 is 11.6 Å². The van der Waals surface area contributed by atoms with E-state index in [9.17, 15) is 4.79 Å². The number of nitrogens with zero attached hydrogens (tertiary/aromatic N) is 4. The Kier molecular flexibility index (Phi) is 7.29. The van der Waals surface area contributed by atoms with Crippen molar-refractivity contribution in [2.75, 3.05) is 24.6 Å². The molecule has 0 saturated heterocycles. The third-order valence-corrected chi connectivity index (χ3v) is 5.19. The molecule has 0 saturated carbocycles. The molecule has 0 fully saturated rings. The Labute approximate surface area is 192 Å². The Morgan fingerprint density at radius 3 is 2.56 bits per heavy atom. The number of rotatable bonds is 5. The largest absolute Gasteiger partial charge is 0.384 e. The van der Waals surface area contributed by atoms with Crippen LogP contribution in [0.2, 0.25) is 5.02 Å². The minimum Gasteiger partial charge on any atom is -0.384 e. The smallest absolute Gasteiger partial charge is 0.255 e. The van der Waals surface area contributed by atoms with Crippen molar-refractivity contribution in [3.63, 3.8) is 0 Å². The Balaban J connectivity index is 2.10. The summed E-state index contributed by atoms with van der Waals surface area (Å²) in [5, 5.41) is 0.382. The second-order valence-corrected chi connectivity index (χ2v) is 7.60. The van der Waals surface area contributed by atoms with Crippen molar-refractivity contribution >= 4 is 29.3 Å². The van der Waals surface area contributed by atoms with Crippen LogP contribution in [0.25, 0.3) is 11.3 Å². The number of amides is 1. The van der Waals surface area contributed by atoms with Crippen LogP contribution in [-0.4, -0.2) is 38.8 Å². The van der Waals surface area contributed by atoms with Crippen molar-refractivity contribution in [3.8, 4) is 23.1 Å². The minimum absolute atomic E-state index is 0.125. The fourth-order valence-electron chi connectivity index (χ4n) is 3.25. The lowest BCUT2D eigenvalue weighted by molar-refractivity contribution is 0.0764. The number of anilines is 2. The van der Waals surface area contributed by atoms with Crippen molar-refractivity contribution in [2.45, 2.75) is 27.2 Å². The number of benzene rings is 1. The lowest BCUT2D eigenvalue weighted by atomic mass is 10.0. The molecule has 0 aliphatic rings. The third kappa shape index (κ3) is 5.16. The highest BCUT2D eigenvalue weighted by Gasteiger charge is 2.19. The summed E-state index contributed by atoms with van der Waals surface area (Å²) in [6.07, 6.45) is 2.46. The van der Waals surface area contributed by atoms with Crippen LogP contribution < -0.4 is 11.5 Å². The van der Waals surface area contributed by atoms with Gasteiger partial charge in [-0.1, -0.05) is 36.4 Å². The van der Waals surface area contributed by atoms with Gasteiger partial charge in [0, 0.05) is 30.4 Å². The molecule has 32 heavy (non-hydrogen) atoms. The highest BCUT2D eigenvalue weighted by molar-refractivity contribution is 6.34. The second-order valence-electron chi connectivity index (χ2n) is 7.19. The van der Waals surface area contributed by atoms with Crippen molar-refractivity contribution < 1.29 is 4.79 Å². The van der Waals surface area contributed by atoms with E-state index < -0.39 is 0 Å². The van der Waals surface area contributed by atoms with Crippen molar-refractivity contribution in [2.24, 2.45) is 0 Å². The third-order valence-electron chi connectivity index (χ3n) is 4.86. The van der Waals surface area contributed by atoms with Gasteiger partial charge in [0.15, 0.2) is 0 Å². The number of aryl methyl sites for hydroxylation is 1. The topological polar surface area (TPSA) is 111 Å². The van der Waals surface area contributed by atoms with Crippen LogP contribution in [-0.2, 0) is 0 Å². The first-order chi connectivity index (χ1) is 15.3. The number of halogens is 1. The van der Waals surface area contributed by atoms with E-state index in [1.807, 2.05) is 20.8 Å². The fraction of sp³-hybridized carbons (Fsp3) is 0.250. The lowest BCUT2D eigenvalue weighted by Gasteiger charge is -2.21. The Hall–Kier alpha value is -3.63. The van der Waals surface area contributed by atoms with Gasteiger partial charge in [0.25, 0.3) is 5.91 Å². The highest BCUT2D eigenvalue weighted by atomic mass is 35.5. The second kappa shape index (κ2) is 10.1. The van der Waals surface area contributed by atoms with E-state index in [-0.39, 0.29) is 11.9 Å². The maximum Gasteiger partial charge on any atom is 0.255 e. The number of carbonyl (C=O) groups excluding carboxylic acids is 1. The molecule has 0 bridgehead atoms. The average Bonchev–Trinajstić information content (AvgIpc) is 2.77. The Bertz CT molecular complexity index is 1200. The Morgan fingerprint density at radius 1 is 1.12 bits per heavy atom. The molecule has 7 nitrogen and oxygen atoms in total. The zero-order valence-corrected chi connectivity index (χ0v) is 19.1. The van der Waals surface area contributed by atoms with Gasteiger partial charge < -0.3 is 16.4 Å². The van der Waals surface area contributed by atoms with Crippen LogP contribution in [0.4, 0.5) is 11.8 Å². The van der Waals surface area contributed by atoms with E-state index in [1.165, 1.54) is 0 Å².